The number of thioether (sulfide) groups is 1. The average Bonchev–Trinajstić information content (AvgIpc) is 3.05. The Morgan fingerprint density at radius 3 is 2.52 bits per heavy atom. The first-order chi connectivity index (χ1) is 12.0. The second-order valence-corrected chi connectivity index (χ2v) is 7.39. The fourth-order valence-corrected chi connectivity index (χ4v) is 3.42. The molecule has 5 nitrogen and oxygen atoms in total. The van der Waals surface area contributed by atoms with Gasteiger partial charge in [-0.25, -0.2) is 0 Å². The van der Waals surface area contributed by atoms with Crippen LogP contribution in [-0.4, -0.2) is 31.2 Å². The van der Waals surface area contributed by atoms with Crippen molar-refractivity contribution in [3.05, 3.63) is 64.7 Å². The van der Waals surface area contributed by atoms with Gasteiger partial charge in [0.25, 0.3) is 0 Å². The maximum Gasteiger partial charge on any atom is 0.214 e. The van der Waals surface area contributed by atoms with Crippen molar-refractivity contribution >= 4 is 17.5 Å². The molecule has 0 aliphatic carbocycles. The van der Waals surface area contributed by atoms with Crippen molar-refractivity contribution in [2.24, 2.45) is 0 Å². The number of hydrogen-bond donors (Lipinski definition) is 0. The topological polar surface area (TPSA) is 60.7 Å². The van der Waals surface area contributed by atoms with Gasteiger partial charge in [0.15, 0.2) is 5.78 Å². The SMILES string of the molecule is Cc1ccc(C(=O)[C@H](C)Sc2nnnn2-c2ccccc2C)cc1C. The maximum atomic E-state index is 12.8. The molecule has 0 aliphatic rings. The minimum Gasteiger partial charge on any atom is -0.293 e. The van der Waals surface area contributed by atoms with E-state index in [-0.39, 0.29) is 11.0 Å². The normalized spacial score (nSPS) is 12.2. The zero-order valence-corrected chi connectivity index (χ0v) is 15.5. The number of carbonyl (C=O) groups excluding carboxylic acids is 1. The monoisotopic (exact) mass is 352 g/mol. The summed E-state index contributed by atoms with van der Waals surface area (Å²) in [6.45, 7) is 7.95. The lowest BCUT2D eigenvalue weighted by Crippen LogP contribution is -2.15. The summed E-state index contributed by atoms with van der Waals surface area (Å²) in [5, 5.41) is 12.3. The minimum atomic E-state index is -0.282. The number of carbonyl (C=O) groups is 1. The molecule has 0 amide bonds. The number of benzene rings is 2. The van der Waals surface area contributed by atoms with Crippen LogP contribution in [0, 0.1) is 20.8 Å². The largest absolute Gasteiger partial charge is 0.293 e. The van der Waals surface area contributed by atoms with Crippen LogP contribution in [0.4, 0.5) is 0 Å². The third-order valence-electron chi connectivity index (χ3n) is 4.23. The predicted octanol–water partition coefficient (Wildman–Crippen LogP) is 3.95. The minimum absolute atomic E-state index is 0.0763. The highest BCUT2D eigenvalue weighted by Gasteiger charge is 2.21. The molecule has 6 heteroatoms. The molecule has 0 saturated heterocycles. The van der Waals surface area contributed by atoms with Crippen LogP contribution in [0.1, 0.15) is 34.0 Å². The van der Waals surface area contributed by atoms with Gasteiger partial charge in [0.2, 0.25) is 5.16 Å². The summed E-state index contributed by atoms with van der Waals surface area (Å²) < 4.78 is 1.68. The van der Waals surface area contributed by atoms with Crippen molar-refractivity contribution in [2.75, 3.05) is 0 Å². The second kappa shape index (κ2) is 7.19. The first-order valence-corrected chi connectivity index (χ1v) is 8.98. The molecule has 3 rings (SSSR count). The number of aryl methyl sites for hydroxylation is 3. The Kier molecular flexibility index (Phi) is 4.99. The van der Waals surface area contributed by atoms with Gasteiger partial charge in [-0.05, 0) is 66.9 Å². The van der Waals surface area contributed by atoms with E-state index in [1.54, 1.807) is 4.68 Å². The van der Waals surface area contributed by atoms with Crippen LogP contribution in [0.15, 0.2) is 47.6 Å². The van der Waals surface area contributed by atoms with Gasteiger partial charge in [-0.2, -0.15) is 4.68 Å². The third-order valence-corrected chi connectivity index (χ3v) is 5.26. The van der Waals surface area contributed by atoms with E-state index in [1.165, 1.54) is 17.3 Å². The number of nitrogens with zero attached hydrogens (tertiary/aromatic N) is 4. The lowest BCUT2D eigenvalue weighted by atomic mass is 10.0. The van der Waals surface area contributed by atoms with Gasteiger partial charge in [0.05, 0.1) is 10.9 Å². The number of para-hydroxylation sites is 1. The molecule has 1 aromatic heterocycles. The summed E-state index contributed by atoms with van der Waals surface area (Å²) in [6, 6.07) is 13.7. The molecule has 0 spiro atoms. The zero-order valence-electron chi connectivity index (χ0n) is 14.7. The molecule has 1 atom stereocenters. The maximum absolute atomic E-state index is 12.8. The van der Waals surface area contributed by atoms with E-state index in [9.17, 15) is 4.79 Å². The Bertz CT molecular complexity index is 919. The molecule has 0 bridgehead atoms. The quantitative estimate of drug-likeness (QED) is 0.514. The van der Waals surface area contributed by atoms with E-state index in [0.29, 0.717) is 5.16 Å². The summed E-state index contributed by atoms with van der Waals surface area (Å²) in [7, 11) is 0. The molecule has 0 aliphatic heterocycles. The number of hydrogen-bond acceptors (Lipinski definition) is 5. The highest BCUT2D eigenvalue weighted by molar-refractivity contribution is 8.00. The van der Waals surface area contributed by atoms with Crippen molar-refractivity contribution in [3.63, 3.8) is 0 Å². The van der Waals surface area contributed by atoms with E-state index < -0.39 is 0 Å². The molecular formula is C19H20N4OS. The lowest BCUT2D eigenvalue weighted by Gasteiger charge is -2.12. The van der Waals surface area contributed by atoms with Crippen molar-refractivity contribution < 1.29 is 4.79 Å². The molecule has 0 N–H and O–H groups in total. The Hall–Kier alpha value is -2.47. The molecule has 1 heterocycles. The first-order valence-electron chi connectivity index (χ1n) is 8.10. The van der Waals surface area contributed by atoms with Crippen LogP contribution >= 0.6 is 11.8 Å². The van der Waals surface area contributed by atoms with Crippen LogP contribution in [0.2, 0.25) is 0 Å². The third kappa shape index (κ3) is 3.64. The van der Waals surface area contributed by atoms with Crippen LogP contribution in [0.5, 0.6) is 0 Å². The van der Waals surface area contributed by atoms with Crippen molar-refractivity contribution in [1.82, 2.24) is 20.2 Å². The lowest BCUT2D eigenvalue weighted by molar-refractivity contribution is 0.0993. The Morgan fingerprint density at radius 1 is 1.04 bits per heavy atom. The average molecular weight is 352 g/mol. The molecule has 2 aromatic carbocycles. The highest BCUT2D eigenvalue weighted by atomic mass is 32.2. The Morgan fingerprint density at radius 2 is 1.80 bits per heavy atom. The number of Topliss-reactive ketones (excluding diaryl/α,β-unsaturated/α-hetero) is 1. The summed E-state index contributed by atoms with van der Waals surface area (Å²) in [5.41, 5.74) is 5.01. The van der Waals surface area contributed by atoms with Crippen molar-refractivity contribution in [3.8, 4) is 5.69 Å². The summed E-state index contributed by atoms with van der Waals surface area (Å²) >= 11 is 1.37. The van der Waals surface area contributed by atoms with Crippen LogP contribution < -0.4 is 0 Å². The molecule has 25 heavy (non-hydrogen) atoms. The molecule has 0 unspecified atom stereocenters. The smallest absolute Gasteiger partial charge is 0.214 e. The van der Waals surface area contributed by atoms with Gasteiger partial charge >= 0.3 is 0 Å². The fourth-order valence-electron chi connectivity index (χ4n) is 2.55. The zero-order chi connectivity index (χ0) is 18.0. The summed E-state index contributed by atoms with van der Waals surface area (Å²) in [6.07, 6.45) is 0. The fraction of sp³-hybridized carbons (Fsp3) is 0.263. The van der Waals surface area contributed by atoms with E-state index in [4.69, 9.17) is 0 Å². The summed E-state index contributed by atoms with van der Waals surface area (Å²) in [4.78, 5) is 12.8. The van der Waals surface area contributed by atoms with Gasteiger partial charge in [-0.1, -0.05) is 42.1 Å². The van der Waals surface area contributed by atoms with E-state index in [1.807, 2.05) is 70.2 Å². The van der Waals surface area contributed by atoms with E-state index in [2.05, 4.69) is 15.5 Å². The van der Waals surface area contributed by atoms with Crippen molar-refractivity contribution in [2.45, 2.75) is 38.1 Å². The van der Waals surface area contributed by atoms with Crippen LogP contribution in [0.3, 0.4) is 0 Å². The van der Waals surface area contributed by atoms with Gasteiger partial charge in [-0.3, -0.25) is 4.79 Å². The van der Waals surface area contributed by atoms with Crippen LogP contribution in [0.25, 0.3) is 5.69 Å². The molecule has 0 saturated carbocycles. The van der Waals surface area contributed by atoms with E-state index >= 15 is 0 Å². The van der Waals surface area contributed by atoms with Gasteiger partial charge < -0.3 is 0 Å². The highest BCUT2D eigenvalue weighted by Crippen LogP contribution is 2.26. The number of ketones is 1. The molecular weight excluding hydrogens is 332 g/mol. The standard InChI is InChI=1S/C19H20N4OS/c1-12-9-10-16(11-14(12)3)18(24)15(4)25-19-20-21-22-23(19)17-8-6-5-7-13(17)2/h5-11,15H,1-4H3/t15-/m0/s1. The predicted molar refractivity (Wildman–Crippen MR) is 99.5 cm³/mol. The number of tetrazole rings is 1. The first kappa shape index (κ1) is 17.4. The summed E-state index contributed by atoms with van der Waals surface area (Å²) in [5.74, 6) is 0.0763. The molecule has 3 aromatic rings. The van der Waals surface area contributed by atoms with Crippen molar-refractivity contribution in [1.29, 1.82) is 0 Å². The number of rotatable bonds is 5. The second-order valence-electron chi connectivity index (χ2n) is 6.08. The molecule has 0 fully saturated rings. The number of aromatic nitrogens is 4. The van der Waals surface area contributed by atoms with Gasteiger partial charge in [-0.15, -0.1) is 5.10 Å². The Labute approximate surface area is 151 Å². The van der Waals surface area contributed by atoms with E-state index in [0.717, 1.165) is 22.4 Å². The van der Waals surface area contributed by atoms with Gasteiger partial charge in [0, 0.05) is 5.56 Å². The molecule has 128 valence electrons. The Balaban J connectivity index is 1.83. The van der Waals surface area contributed by atoms with Crippen LogP contribution in [-0.2, 0) is 0 Å². The van der Waals surface area contributed by atoms with Gasteiger partial charge in [0.1, 0.15) is 0 Å². The molecule has 0 radical (unpaired) electrons.